The molecule has 2 aliphatic heterocycles. The van der Waals surface area contributed by atoms with Crippen LogP contribution in [0.4, 0.5) is 0 Å². The summed E-state index contributed by atoms with van der Waals surface area (Å²) in [6, 6.07) is 1.69. The maximum atomic E-state index is 12.7. The van der Waals surface area contributed by atoms with E-state index in [4.69, 9.17) is 0 Å². The van der Waals surface area contributed by atoms with Crippen molar-refractivity contribution < 1.29 is 14.7 Å². The quantitative estimate of drug-likeness (QED) is 0.785. The van der Waals surface area contributed by atoms with Gasteiger partial charge in [-0.15, -0.1) is 11.3 Å². The highest BCUT2D eigenvalue weighted by molar-refractivity contribution is 7.12. The third-order valence-corrected chi connectivity index (χ3v) is 6.41. The van der Waals surface area contributed by atoms with Crippen LogP contribution in [-0.4, -0.2) is 91.0 Å². The van der Waals surface area contributed by atoms with E-state index in [9.17, 15) is 14.7 Å². The molecule has 1 aromatic rings. The molecule has 25 heavy (non-hydrogen) atoms. The molecular weight excluding hydrogens is 338 g/mol. The van der Waals surface area contributed by atoms with Crippen LogP contribution in [0.2, 0.25) is 0 Å². The van der Waals surface area contributed by atoms with Crippen molar-refractivity contribution in [3.05, 3.63) is 21.9 Å². The van der Waals surface area contributed by atoms with Gasteiger partial charge in [0, 0.05) is 63.7 Å². The Bertz CT molecular complexity index is 625. The third-order valence-electron chi connectivity index (χ3n) is 5.38. The monoisotopic (exact) mass is 365 g/mol. The summed E-state index contributed by atoms with van der Waals surface area (Å²) in [6.45, 7) is 8.08. The van der Waals surface area contributed by atoms with Crippen molar-refractivity contribution in [2.24, 2.45) is 11.8 Å². The second-order valence-electron chi connectivity index (χ2n) is 7.27. The summed E-state index contributed by atoms with van der Waals surface area (Å²) in [5, 5.41) is 11.5. The zero-order valence-corrected chi connectivity index (χ0v) is 15.8. The van der Waals surface area contributed by atoms with Crippen LogP contribution < -0.4 is 0 Å². The lowest BCUT2D eigenvalue weighted by Gasteiger charge is -2.34. The zero-order valence-electron chi connectivity index (χ0n) is 15.0. The van der Waals surface area contributed by atoms with E-state index < -0.39 is 0 Å². The van der Waals surface area contributed by atoms with Gasteiger partial charge >= 0.3 is 0 Å². The van der Waals surface area contributed by atoms with Crippen LogP contribution in [0.15, 0.2) is 11.4 Å². The molecular formula is C18H27N3O3S. The van der Waals surface area contributed by atoms with E-state index in [0.29, 0.717) is 29.4 Å². The number of nitrogens with zero attached hydrogens (tertiary/aromatic N) is 3. The number of aliphatic hydroxyl groups excluding tert-OH is 1. The van der Waals surface area contributed by atoms with Gasteiger partial charge < -0.3 is 19.8 Å². The lowest BCUT2D eigenvalue weighted by molar-refractivity contribution is 0.0777. The van der Waals surface area contributed by atoms with E-state index in [1.165, 1.54) is 18.3 Å². The minimum absolute atomic E-state index is 0.00773. The lowest BCUT2D eigenvalue weighted by Crippen LogP contribution is -2.47. The van der Waals surface area contributed by atoms with Gasteiger partial charge in [-0.25, -0.2) is 0 Å². The molecule has 0 spiro atoms. The van der Waals surface area contributed by atoms with Crippen LogP contribution in [0.5, 0.6) is 0 Å². The van der Waals surface area contributed by atoms with Crippen molar-refractivity contribution in [1.29, 1.82) is 0 Å². The highest BCUT2D eigenvalue weighted by atomic mass is 32.1. The maximum Gasteiger partial charge on any atom is 0.254 e. The number of likely N-dealkylation sites (tertiary alicyclic amines) is 1. The fraction of sp³-hybridized carbons (Fsp3) is 0.667. The van der Waals surface area contributed by atoms with E-state index in [0.717, 1.165) is 32.7 Å². The van der Waals surface area contributed by atoms with Crippen molar-refractivity contribution in [3.8, 4) is 0 Å². The van der Waals surface area contributed by atoms with Gasteiger partial charge in [-0.3, -0.25) is 9.59 Å². The second kappa shape index (κ2) is 7.95. The molecule has 0 radical (unpaired) electrons. The fourth-order valence-corrected chi connectivity index (χ4v) is 4.48. The molecule has 2 saturated heterocycles. The molecule has 0 bridgehead atoms. The Kier molecular flexibility index (Phi) is 5.89. The Morgan fingerprint density at radius 1 is 1.20 bits per heavy atom. The second-order valence-corrected chi connectivity index (χ2v) is 8.18. The van der Waals surface area contributed by atoms with Gasteiger partial charge in [-0.05, 0) is 26.0 Å². The predicted octanol–water partition coefficient (Wildman–Crippen LogP) is 0.879. The molecule has 7 heteroatoms. The summed E-state index contributed by atoms with van der Waals surface area (Å²) in [5.74, 6) is 0.410. The summed E-state index contributed by atoms with van der Waals surface area (Å²) in [5.41, 5.74) is 0.590. The number of carbonyl (C=O) groups excluding carboxylic acids is 2. The normalized spacial score (nSPS) is 25.5. The number of Topliss-reactive ketones (excluding diaryl/α,β-unsaturated/α-hetero) is 1. The summed E-state index contributed by atoms with van der Waals surface area (Å²) in [6.07, 6.45) is 0. The zero-order chi connectivity index (χ0) is 18.0. The van der Waals surface area contributed by atoms with E-state index in [2.05, 4.69) is 16.8 Å². The molecule has 2 atom stereocenters. The Morgan fingerprint density at radius 2 is 1.88 bits per heavy atom. The predicted molar refractivity (Wildman–Crippen MR) is 98.2 cm³/mol. The molecule has 0 saturated carbocycles. The maximum absolute atomic E-state index is 12.7. The molecule has 0 unspecified atom stereocenters. The number of piperazine rings is 1. The minimum Gasteiger partial charge on any atom is -0.396 e. The topological polar surface area (TPSA) is 64.1 Å². The van der Waals surface area contributed by atoms with Crippen LogP contribution in [0, 0.1) is 11.8 Å². The number of thiophene rings is 1. The Hall–Kier alpha value is -1.28. The number of hydrogen-bond acceptors (Lipinski definition) is 6. The molecule has 0 aromatic carbocycles. The van der Waals surface area contributed by atoms with Crippen molar-refractivity contribution in [2.45, 2.75) is 6.92 Å². The third kappa shape index (κ3) is 4.28. The first kappa shape index (κ1) is 18.5. The van der Waals surface area contributed by atoms with Crippen molar-refractivity contribution in [3.63, 3.8) is 0 Å². The van der Waals surface area contributed by atoms with Gasteiger partial charge in [0.1, 0.15) is 0 Å². The molecule has 1 N–H and O–H groups in total. The number of carbonyl (C=O) groups is 2. The number of likely N-dealkylation sites (N-methyl/N-ethyl adjacent to an activating group) is 1. The largest absolute Gasteiger partial charge is 0.396 e. The molecule has 3 rings (SSSR count). The first-order valence-electron chi connectivity index (χ1n) is 8.88. The van der Waals surface area contributed by atoms with Gasteiger partial charge in [-0.1, -0.05) is 0 Å². The molecule has 1 aromatic heterocycles. The average molecular weight is 365 g/mol. The van der Waals surface area contributed by atoms with E-state index in [1.54, 1.807) is 11.4 Å². The molecule has 1 amide bonds. The average Bonchev–Trinajstić information content (AvgIpc) is 3.23. The molecule has 6 nitrogen and oxygen atoms in total. The molecule has 138 valence electrons. The Balaban J connectivity index is 1.61. The highest BCUT2D eigenvalue weighted by Crippen LogP contribution is 2.27. The van der Waals surface area contributed by atoms with Gasteiger partial charge in [0.15, 0.2) is 5.78 Å². The van der Waals surface area contributed by atoms with Gasteiger partial charge in [0.05, 0.1) is 10.4 Å². The van der Waals surface area contributed by atoms with E-state index >= 15 is 0 Å². The molecule has 0 aliphatic carbocycles. The van der Waals surface area contributed by atoms with E-state index in [1.807, 2.05) is 4.90 Å². The molecule has 2 fully saturated rings. The minimum atomic E-state index is -0.0249. The highest BCUT2D eigenvalue weighted by Gasteiger charge is 2.36. The first-order chi connectivity index (χ1) is 12.0. The van der Waals surface area contributed by atoms with Crippen LogP contribution in [0.1, 0.15) is 27.0 Å². The summed E-state index contributed by atoms with van der Waals surface area (Å²) < 4.78 is 0. The number of rotatable bonds is 5. The van der Waals surface area contributed by atoms with Crippen molar-refractivity contribution >= 4 is 23.0 Å². The smallest absolute Gasteiger partial charge is 0.254 e. The number of hydrogen-bond donors (Lipinski definition) is 1. The van der Waals surface area contributed by atoms with Crippen molar-refractivity contribution in [1.82, 2.24) is 14.7 Å². The summed E-state index contributed by atoms with van der Waals surface area (Å²) in [7, 11) is 2.14. The first-order valence-corrected chi connectivity index (χ1v) is 9.76. The standard InChI is InChI=1S/C18H27N3O3S/c1-13(23)17-7-14(12-25-17)18(24)21-9-15(16(10-21)11-22)8-20-5-3-19(2)4-6-20/h7,12,15-16,22H,3-6,8-11H2,1-2H3/t15-,16-/m1/s1. The van der Waals surface area contributed by atoms with Crippen LogP contribution in [0.25, 0.3) is 0 Å². The Labute approximate surface area is 153 Å². The lowest BCUT2D eigenvalue weighted by atomic mass is 9.96. The van der Waals surface area contributed by atoms with Crippen LogP contribution >= 0.6 is 11.3 Å². The summed E-state index contributed by atoms with van der Waals surface area (Å²) in [4.78, 5) is 31.4. The fourth-order valence-electron chi connectivity index (χ4n) is 3.70. The van der Waals surface area contributed by atoms with Gasteiger partial charge in [0.2, 0.25) is 0 Å². The number of ketones is 1. The molecule has 2 aliphatic rings. The van der Waals surface area contributed by atoms with Crippen molar-refractivity contribution in [2.75, 3.05) is 59.5 Å². The SMILES string of the molecule is CC(=O)c1cc(C(=O)N2C[C@@H](CN3CCN(C)CC3)[C@@H](CO)C2)cs1. The van der Waals surface area contributed by atoms with E-state index in [-0.39, 0.29) is 24.2 Å². The Morgan fingerprint density at radius 3 is 2.48 bits per heavy atom. The van der Waals surface area contributed by atoms with Crippen LogP contribution in [0.3, 0.4) is 0 Å². The summed E-state index contributed by atoms with van der Waals surface area (Å²) >= 11 is 1.32. The number of aliphatic hydroxyl groups is 1. The molecule has 3 heterocycles. The van der Waals surface area contributed by atoms with Crippen LogP contribution in [-0.2, 0) is 0 Å². The van der Waals surface area contributed by atoms with Gasteiger partial charge in [0.25, 0.3) is 5.91 Å². The van der Waals surface area contributed by atoms with Gasteiger partial charge in [-0.2, -0.15) is 0 Å². The number of amides is 1.